The zero-order valence-electron chi connectivity index (χ0n) is 27.2. The molecule has 0 aromatic heterocycles. The number of benzene rings is 2. The first-order chi connectivity index (χ1) is 21.0. The number of rotatable bonds is 7. The number of nitrogens with zero attached hydrogens (tertiary/aromatic N) is 2. The number of para-hydroxylation sites is 1. The molecule has 2 heterocycles. The van der Waals surface area contributed by atoms with E-state index in [1.807, 2.05) is 36.4 Å². The number of nitrogens with one attached hydrogen (secondary N) is 2. The summed E-state index contributed by atoms with van der Waals surface area (Å²) in [4.78, 5) is 42.1. The molecule has 1 spiro atoms. The normalized spacial score (nSPS) is 18.7. The maximum atomic E-state index is 14.2. The second-order valence-electron chi connectivity index (χ2n) is 14.4. The SMILES string of the molecule is CC(C)(C)OC(=O)NC(C)(C)C(=O)NC(CC1Cc2ccccc2C1)C(=O)N1CCC2(CC1)CN(S(C)(=O)=O)c1ccccc12. The molecule has 244 valence electrons. The molecule has 2 N–H and O–H groups in total. The highest BCUT2D eigenvalue weighted by Gasteiger charge is 2.48. The Kier molecular flexibility index (Phi) is 8.72. The monoisotopic (exact) mass is 638 g/mol. The molecule has 0 radical (unpaired) electrons. The van der Waals surface area contributed by atoms with Crippen molar-refractivity contribution < 1.29 is 27.5 Å². The number of alkyl carbamates (subject to hydrolysis) is 1. The lowest BCUT2D eigenvalue weighted by Gasteiger charge is -2.41. The van der Waals surface area contributed by atoms with Gasteiger partial charge < -0.3 is 20.3 Å². The molecule has 45 heavy (non-hydrogen) atoms. The number of fused-ring (bicyclic) bond motifs is 3. The summed E-state index contributed by atoms with van der Waals surface area (Å²) in [5.74, 6) is -0.447. The molecule has 2 aromatic carbocycles. The van der Waals surface area contributed by atoms with Crippen molar-refractivity contribution in [2.24, 2.45) is 5.92 Å². The lowest BCUT2D eigenvalue weighted by molar-refractivity contribution is -0.139. The lowest BCUT2D eigenvalue weighted by Crippen LogP contribution is -2.60. The van der Waals surface area contributed by atoms with Gasteiger partial charge in [0.2, 0.25) is 21.8 Å². The number of amides is 3. The van der Waals surface area contributed by atoms with Crippen molar-refractivity contribution in [2.45, 2.75) is 89.3 Å². The average Bonchev–Trinajstić information content (AvgIpc) is 3.50. The van der Waals surface area contributed by atoms with Crippen molar-refractivity contribution in [1.82, 2.24) is 15.5 Å². The van der Waals surface area contributed by atoms with E-state index in [1.165, 1.54) is 21.7 Å². The van der Waals surface area contributed by atoms with Gasteiger partial charge in [0.1, 0.15) is 17.2 Å². The third kappa shape index (κ3) is 7.13. The van der Waals surface area contributed by atoms with Gasteiger partial charge >= 0.3 is 6.09 Å². The number of ether oxygens (including phenoxy) is 1. The minimum Gasteiger partial charge on any atom is -0.444 e. The fourth-order valence-corrected chi connectivity index (χ4v) is 8.01. The van der Waals surface area contributed by atoms with Gasteiger partial charge in [-0.25, -0.2) is 13.2 Å². The first-order valence-electron chi connectivity index (χ1n) is 15.7. The second kappa shape index (κ2) is 12.0. The fraction of sp³-hybridized carbons (Fsp3) is 0.559. The van der Waals surface area contributed by atoms with Crippen molar-refractivity contribution in [2.75, 3.05) is 30.2 Å². The van der Waals surface area contributed by atoms with Crippen molar-refractivity contribution in [3.05, 3.63) is 65.2 Å². The number of carbonyl (C=O) groups excluding carboxylic acids is 3. The molecular weight excluding hydrogens is 592 g/mol. The molecular formula is C34H46N4O6S. The smallest absolute Gasteiger partial charge is 0.408 e. The number of piperidine rings is 1. The number of likely N-dealkylation sites (tertiary alicyclic amines) is 1. The fourth-order valence-electron chi connectivity index (χ4n) is 7.01. The molecule has 10 nitrogen and oxygen atoms in total. The van der Waals surface area contributed by atoms with Crippen LogP contribution in [0.15, 0.2) is 48.5 Å². The third-order valence-corrected chi connectivity index (χ3v) is 10.4. The highest BCUT2D eigenvalue weighted by atomic mass is 32.2. The number of sulfonamides is 1. The van der Waals surface area contributed by atoms with Crippen LogP contribution in [-0.4, -0.2) is 74.3 Å². The molecule has 3 amide bonds. The molecule has 1 fully saturated rings. The average molecular weight is 639 g/mol. The first kappa shape index (κ1) is 32.8. The van der Waals surface area contributed by atoms with E-state index in [0.717, 1.165) is 18.4 Å². The van der Waals surface area contributed by atoms with E-state index in [2.05, 4.69) is 22.8 Å². The Hall–Kier alpha value is -3.60. The highest BCUT2D eigenvalue weighted by molar-refractivity contribution is 7.92. The predicted octanol–water partition coefficient (Wildman–Crippen LogP) is 3.92. The van der Waals surface area contributed by atoms with Crippen LogP contribution in [0.4, 0.5) is 10.5 Å². The summed E-state index contributed by atoms with van der Waals surface area (Å²) in [6, 6.07) is 15.1. The van der Waals surface area contributed by atoms with Crippen LogP contribution < -0.4 is 14.9 Å². The Labute approximate surface area is 266 Å². The van der Waals surface area contributed by atoms with Gasteiger partial charge in [0.05, 0.1) is 11.9 Å². The molecule has 5 rings (SSSR count). The Morgan fingerprint density at radius 1 is 0.956 bits per heavy atom. The summed E-state index contributed by atoms with van der Waals surface area (Å²) in [7, 11) is -3.45. The summed E-state index contributed by atoms with van der Waals surface area (Å²) in [6.07, 6.45) is 3.88. The lowest BCUT2D eigenvalue weighted by atomic mass is 9.74. The molecule has 1 aliphatic carbocycles. The van der Waals surface area contributed by atoms with E-state index in [9.17, 15) is 22.8 Å². The topological polar surface area (TPSA) is 125 Å². The van der Waals surface area contributed by atoms with E-state index in [0.29, 0.717) is 44.6 Å². The third-order valence-electron chi connectivity index (χ3n) is 9.31. The van der Waals surface area contributed by atoms with Crippen LogP contribution in [0.2, 0.25) is 0 Å². The van der Waals surface area contributed by atoms with Gasteiger partial charge in [0.25, 0.3) is 0 Å². The summed E-state index contributed by atoms with van der Waals surface area (Å²) in [6.45, 7) is 9.68. The van der Waals surface area contributed by atoms with Crippen LogP contribution in [0.25, 0.3) is 0 Å². The zero-order chi connectivity index (χ0) is 32.8. The summed E-state index contributed by atoms with van der Waals surface area (Å²) in [5, 5.41) is 5.64. The molecule has 2 aliphatic heterocycles. The molecule has 1 unspecified atom stereocenters. The Morgan fingerprint density at radius 3 is 2.11 bits per heavy atom. The summed E-state index contributed by atoms with van der Waals surface area (Å²) < 4.78 is 32.1. The van der Waals surface area contributed by atoms with Crippen molar-refractivity contribution in [3.8, 4) is 0 Å². The largest absolute Gasteiger partial charge is 0.444 e. The Balaban J connectivity index is 1.32. The number of carbonyl (C=O) groups is 3. The standard InChI is InChI=1S/C34H46N4O6S/c1-32(2,3)44-31(41)36-33(4,5)30(40)35-27(21-23-19-24-11-7-8-12-25(24)20-23)29(39)37-17-15-34(16-18-37)22-38(45(6,42)43)28-14-10-9-13-26(28)34/h7-14,23,27H,15-22H2,1-6H3,(H,35,40)(H,36,41). The second-order valence-corrected chi connectivity index (χ2v) is 16.4. The van der Waals surface area contributed by atoms with Crippen LogP contribution in [0.3, 0.4) is 0 Å². The van der Waals surface area contributed by atoms with Gasteiger partial charge in [-0.1, -0.05) is 42.5 Å². The maximum Gasteiger partial charge on any atom is 0.408 e. The molecule has 1 atom stereocenters. The highest BCUT2D eigenvalue weighted by Crippen LogP contribution is 2.48. The van der Waals surface area contributed by atoms with Gasteiger partial charge in [-0.05, 0) is 95.4 Å². The maximum absolute atomic E-state index is 14.2. The molecule has 0 saturated carbocycles. The Morgan fingerprint density at radius 2 is 1.53 bits per heavy atom. The molecule has 1 saturated heterocycles. The van der Waals surface area contributed by atoms with Crippen molar-refractivity contribution in [1.29, 1.82) is 0 Å². The quantitative estimate of drug-likeness (QED) is 0.474. The van der Waals surface area contributed by atoms with Crippen molar-refractivity contribution in [3.63, 3.8) is 0 Å². The Bertz CT molecular complexity index is 1550. The summed E-state index contributed by atoms with van der Waals surface area (Å²) in [5.41, 5.74) is 1.83. The first-order valence-corrected chi connectivity index (χ1v) is 17.6. The van der Waals surface area contributed by atoms with Crippen LogP contribution in [0.5, 0.6) is 0 Å². The molecule has 3 aliphatic rings. The minimum atomic E-state index is -3.45. The van der Waals surface area contributed by atoms with Crippen LogP contribution in [0.1, 0.15) is 70.6 Å². The number of hydrogen-bond acceptors (Lipinski definition) is 6. The predicted molar refractivity (Wildman–Crippen MR) is 173 cm³/mol. The molecule has 0 bridgehead atoms. The minimum absolute atomic E-state index is 0.159. The zero-order valence-corrected chi connectivity index (χ0v) is 28.0. The van der Waals surface area contributed by atoms with Gasteiger partial charge in [0, 0.05) is 25.0 Å². The van der Waals surface area contributed by atoms with E-state index in [1.54, 1.807) is 39.5 Å². The van der Waals surface area contributed by atoms with E-state index < -0.39 is 39.2 Å². The van der Waals surface area contributed by atoms with Gasteiger partial charge in [-0.3, -0.25) is 13.9 Å². The molecule has 11 heteroatoms. The van der Waals surface area contributed by atoms with E-state index >= 15 is 0 Å². The van der Waals surface area contributed by atoms with Crippen molar-refractivity contribution >= 4 is 33.6 Å². The van der Waals surface area contributed by atoms with Crippen LogP contribution in [0, 0.1) is 5.92 Å². The van der Waals surface area contributed by atoms with Crippen LogP contribution in [-0.2, 0) is 42.6 Å². The summed E-state index contributed by atoms with van der Waals surface area (Å²) >= 11 is 0. The van der Waals surface area contributed by atoms with Gasteiger partial charge in [-0.15, -0.1) is 0 Å². The van der Waals surface area contributed by atoms with E-state index in [-0.39, 0.29) is 17.2 Å². The number of hydrogen-bond donors (Lipinski definition) is 2. The van der Waals surface area contributed by atoms with E-state index in [4.69, 9.17) is 4.74 Å². The van der Waals surface area contributed by atoms with Crippen LogP contribution >= 0.6 is 0 Å². The molecule has 2 aromatic rings. The number of anilines is 1. The van der Waals surface area contributed by atoms with Gasteiger partial charge in [0.15, 0.2) is 0 Å². The van der Waals surface area contributed by atoms with Gasteiger partial charge in [-0.2, -0.15) is 0 Å².